The number of carbonyl (C=O) groups excluding carboxylic acids is 1. The third-order valence-corrected chi connectivity index (χ3v) is 3.62. The van der Waals surface area contributed by atoms with Gasteiger partial charge in [0.15, 0.2) is 17.3 Å². The van der Waals surface area contributed by atoms with Gasteiger partial charge in [-0.3, -0.25) is 14.6 Å². The zero-order valence-corrected chi connectivity index (χ0v) is 14.1. The van der Waals surface area contributed by atoms with Gasteiger partial charge in [0, 0.05) is 12.3 Å². The van der Waals surface area contributed by atoms with Crippen molar-refractivity contribution >= 4 is 5.91 Å². The smallest absolute Gasteiger partial charge is 0.276 e. The van der Waals surface area contributed by atoms with Crippen molar-refractivity contribution in [1.29, 1.82) is 0 Å². The van der Waals surface area contributed by atoms with E-state index in [1.807, 2.05) is 0 Å². The topological polar surface area (TPSA) is 86.1 Å². The van der Waals surface area contributed by atoms with E-state index in [9.17, 15) is 18.4 Å². The fourth-order valence-electron chi connectivity index (χ4n) is 2.30. The third-order valence-electron chi connectivity index (χ3n) is 3.62. The van der Waals surface area contributed by atoms with Gasteiger partial charge in [0.05, 0.1) is 31.1 Å². The largest absolute Gasteiger partial charge is 0.481 e. The lowest BCUT2D eigenvalue weighted by Gasteiger charge is -2.12. The first-order valence-electron chi connectivity index (χ1n) is 7.81. The molecule has 0 aliphatic carbocycles. The highest BCUT2D eigenvalue weighted by atomic mass is 19.2. The molecule has 2 aromatic heterocycles. The standard InChI is InChI=1S/C18H14F2N4O3/c1-27-16-9-15(25)17(18(26)22-10-11-4-2-3-7-21-11)23-24(16)12-5-6-13(19)14(20)8-12/h2-9H,10H2,1H3,(H,22,26). The van der Waals surface area contributed by atoms with Crippen LogP contribution < -0.4 is 15.5 Å². The SMILES string of the molecule is COc1cc(=O)c(C(=O)NCc2ccccn2)nn1-c1ccc(F)c(F)c1. The zero-order valence-electron chi connectivity index (χ0n) is 14.1. The summed E-state index contributed by atoms with van der Waals surface area (Å²) in [5.74, 6) is -2.90. The summed E-state index contributed by atoms with van der Waals surface area (Å²) in [6, 6.07) is 9.28. The minimum atomic E-state index is -1.10. The van der Waals surface area contributed by atoms with Crippen LogP contribution in [0.15, 0.2) is 53.5 Å². The van der Waals surface area contributed by atoms with Gasteiger partial charge in [-0.1, -0.05) is 6.07 Å². The molecular formula is C18H14F2N4O3. The number of hydrogen-bond acceptors (Lipinski definition) is 5. The quantitative estimate of drug-likeness (QED) is 0.739. The molecule has 0 saturated heterocycles. The summed E-state index contributed by atoms with van der Waals surface area (Å²) in [6.07, 6.45) is 1.57. The van der Waals surface area contributed by atoms with Gasteiger partial charge in [-0.05, 0) is 24.3 Å². The molecule has 1 N–H and O–H groups in total. The highest BCUT2D eigenvalue weighted by Gasteiger charge is 2.18. The number of carbonyl (C=O) groups is 1. The number of nitrogens with one attached hydrogen (secondary N) is 1. The zero-order chi connectivity index (χ0) is 19.4. The molecule has 0 aliphatic rings. The lowest BCUT2D eigenvalue weighted by molar-refractivity contribution is 0.0942. The van der Waals surface area contributed by atoms with Gasteiger partial charge in [-0.15, -0.1) is 0 Å². The first kappa shape index (κ1) is 18.2. The monoisotopic (exact) mass is 372 g/mol. The molecule has 0 bridgehead atoms. The average molecular weight is 372 g/mol. The van der Waals surface area contributed by atoms with Gasteiger partial charge in [0.1, 0.15) is 0 Å². The average Bonchev–Trinajstić information content (AvgIpc) is 2.68. The van der Waals surface area contributed by atoms with Crippen molar-refractivity contribution in [3.63, 3.8) is 0 Å². The van der Waals surface area contributed by atoms with E-state index >= 15 is 0 Å². The van der Waals surface area contributed by atoms with E-state index in [1.165, 1.54) is 13.2 Å². The summed E-state index contributed by atoms with van der Waals surface area (Å²) in [5, 5.41) is 6.49. The molecule has 0 spiro atoms. The van der Waals surface area contributed by atoms with E-state index in [0.717, 1.165) is 22.9 Å². The maximum absolute atomic E-state index is 13.5. The van der Waals surface area contributed by atoms with Crippen molar-refractivity contribution in [3.8, 4) is 11.6 Å². The summed E-state index contributed by atoms with van der Waals surface area (Å²) in [7, 11) is 1.29. The van der Waals surface area contributed by atoms with Crippen LogP contribution >= 0.6 is 0 Å². The molecule has 1 aromatic carbocycles. The summed E-state index contributed by atoms with van der Waals surface area (Å²) in [6.45, 7) is 0.0952. The number of hydrogen-bond donors (Lipinski definition) is 1. The minimum Gasteiger partial charge on any atom is -0.481 e. The number of nitrogens with zero attached hydrogens (tertiary/aromatic N) is 3. The Bertz CT molecular complexity index is 1040. The first-order chi connectivity index (χ1) is 13.0. The summed E-state index contributed by atoms with van der Waals surface area (Å²) >= 11 is 0. The van der Waals surface area contributed by atoms with Crippen LogP contribution in [0.25, 0.3) is 5.69 Å². The molecule has 0 saturated carbocycles. The highest BCUT2D eigenvalue weighted by molar-refractivity contribution is 5.92. The van der Waals surface area contributed by atoms with Crippen molar-refractivity contribution in [2.75, 3.05) is 7.11 Å². The number of pyridine rings is 1. The molecule has 0 unspecified atom stereocenters. The molecule has 138 valence electrons. The number of methoxy groups -OCH3 is 1. The Kier molecular flexibility index (Phi) is 5.20. The molecular weight excluding hydrogens is 358 g/mol. The van der Waals surface area contributed by atoms with Crippen LogP contribution in [0.4, 0.5) is 8.78 Å². The Balaban J connectivity index is 1.95. The second kappa shape index (κ2) is 7.73. The molecule has 0 fully saturated rings. The predicted octanol–water partition coefficient (Wildman–Crippen LogP) is 1.84. The minimum absolute atomic E-state index is 0.0349. The van der Waals surface area contributed by atoms with Gasteiger partial charge in [0.25, 0.3) is 5.91 Å². The van der Waals surface area contributed by atoms with Gasteiger partial charge < -0.3 is 10.1 Å². The summed E-state index contributed by atoms with van der Waals surface area (Å²) < 4.78 is 32.8. The number of benzene rings is 1. The van der Waals surface area contributed by atoms with Crippen molar-refractivity contribution < 1.29 is 18.3 Å². The van der Waals surface area contributed by atoms with Gasteiger partial charge >= 0.3 is 0 Å². The van der Waals surface area contributed by atoms with Crippen LogP contribution in [-0.2, 0) is 6.54 Å². The number of aromatic nitrogens is 3. The molecule has 27 heavy (non-hydrogen) atoms. The van der Waals surface area contributed by atoms with Crippen LogP contribution in [0.3, 0.4) is 0 Å². The van der Waals surface area contributed by atoms with Crippen molar-refractivity contribution in [2.45, 2.75) is 6.54 Å². The molecule has 0 aliphatic heterocycles. The molecule has 0 radical (unpaired) electrons. The van der Waals surface area contributed by atoms with E-state index < -0.39 is 28.7 Å². The van der Waals surface area contributed by atoms with E-state index in [1.54, 1.807) is 24.4 Å². The van der Waals surface area contributed by atoms with Crippen LogP contribution in [0.5, 0.6) is 5.88 Å². The van der Waals surface area contributed by atoms with Crippen molar-refractivity contribution in [3.05, 3.63) is 81.9 Å². The number of halogens is 2. The van der Waals surface area contributed by atoms with Crippen LogP contribution in [0, 0.1) is 11.6 Å². The number of amides is 1. The van der Waals surface area contributed by atoms with Crippen molar-refractivity contribution in [2.24, 2.45) is 0 Å². The summed E-state index contributed by atoms with van der Waals surface area (Å²) in [5.41, 5.74) is -0.412. The second-order valence-corrected chi connectivity index (χ2v) is 5.41. The van der Waals surface area contributed by atoms with Crippen molar-refractivity contribution in [1.82, 2.24) is 20.1 Å². The van der Waals surface area contributed by atoms with E-state index in [4.69, 9.17) is 4.74 Å². The van der Waals surface area contributed by atoms with Gasteiger partial charge in [-0.25, -0.2) is 13.5 Å². The Labute approximate surface area is 152 Å². The molecule has 3 aromatic rings. The van der Waals surface area contributed by atoms with E-state index in [-0.39, 0.29) is 18.1 Å². The Morgan fingerprint density at radius 2 is 2.00 bits per heavy atom. The van der Waals surface area contributed by atoms with Crippen LogP contribution in [0.2, 0.25) is 0 Å². The fraction of sp³-hybridized carbons (Fsp3) is 0.111. The Morgan fingerprint density at radius 1 is 1.19 bits per heavy atom. The van der Waals surface area contributed by atoms with E-state index in [0.29, 0.717) is 5.69 Å². The third kappa shape index (κ3) is 3.97. The maximum Gasteiger partial charge on any atom is 0.276 e. The maximum atomic E-state index is 13.5. The van der Waals surface area contributed by atoms with E-state index in [2.05, 4.69) is 15.4 Å². The molecule has 0 atom stereocenters. The van der Waals surface area contributed by atoms with Crippen LogP contribution in [-0.4, -0.2) is 27.8 Å². The molecule has 9 heteroatoms. The Morgan fingerprint density at radius 3 is 2.67 bits per heavy atom. The normalized spacial score (nSPS) is 10.5. The summed E-state index contributed by atoms with van der Waals surface area (Å²) in [4.78, 5) is 28.6. The molecule has 2 heterocycles. The fourth-order valence-corrected chi connectivity index (χ4v) is 2.30. The van der Waals surface area contributed by atoms with Crippen LogP contribution in [0.1, 0.15) is 16.2 Å². The lowest BCUT2D eigenvalue weighted by Crippen LogP contribution is -2.31. The number of ether oxygens (including phenoxy) is 1. The molecule has 1 amide bonds. The van der Waals surface area contributed by atoms with Gasteiger partial charge in [-0.2, -0.15) is 5.10 Å². The predicted molar refractivity (Wildman–Crippen MR) is 91.7 cm³/mol. The second-order valence-electron chi connectivity index (χ2n) is 5.41. The van der Waals surface area contributed by atoms with Gasteiger partial charge in [0.2, 0.25) is 11.3 Å². The first-order valence-corrected chi connectivity index (χ1v) is 7.81. The Hall–Kier alpha value is -3.62. The highest BCUT2D eigenvalue weighted by Crippen LogP contribution is 2.17. The lowest BCUT2D eigenvalue weighted by atomic mass is 10.3. The number of rotatable bonds is 5. The molecule has 7 nitrogen and oxygen atoms in total. The molecule has 3 rings (SSSR count).